The number of aliphatic hydroxyl groups is 6. The minimum absolute atomic E-state index is 0.0162. The van der Waals surface area contributed by atoms with Gasteiger partial charge in [0.15, 0.2) is 29.9 Å². The van der Waals surface area contributed by atoms with Crippen LogP contribution in [0.15, 0.2) is 21.5 Å². The van der Waals surface area contributed by atoms with E-state index >= 15 is 0 Å². The average Bonchev–Trinajstić information content (AvgIpc) is 3.34. The van der Waals surface area contributed by atoms with Gasteiger partial charge in [-0.05, 0) is 12.1 Å². The number of nitrogens with zero attached hydrogens (tertiary/aromatic N) is 2. The lowest BCUT2D eigenvalue weighted by molar-refractivity contribution is -0.239. The molecule has 0 radical (unpaired) electrons. The van der Waals surface area contributed by atoms with Gasteiger partial charge in [0.05, 0.1) is 25.6 Å². The highest BCUT2D eigenvalue weighted by molar-refractivity contribution is 5.91. The number of carboxylic acids is 3. The van der Waals surface area contributed by atoms with Gasteiger partial charge in [-0.2, -0.15) is 4.99 Å². The molecule has 2 heterocycles. The van der Waals surface area contributed by atoms with Crippen LogP contribution < -0.4 is 11.5 Å². The summed E-state index contributed by atoms with van der Waals surface area (Å²) in [6.07, 6.45) is -5.81. The van der Waals surface area contributed by atoms with Gasteiger partial charge in [-0.1, -0.05) is 0 Å². The van der Waals surface area contributed by atoms with Crippen molar-refractivity contribution in [3.05, 3.63) is 23.7 Å². The highest BCUT2D eigenvalue weighted by atomic mass is 16.6. The van der Waals surface area contributed by atoms with E-state index in [0.717, 1.165) is 0 Å². The molecule has 20 nitrogen and oxygen atoms in total. The van der Waals surface area contributed by atoms with Crippen molar-refractivity contribution in [3.63, 3.8) is 0 Å². The molecule has 42 heavy (non-hydrogen) atoms. The van der Waals surface area contributed by atoms with Crippen LogP contribution in [0.1, 0.15) is 35.6 Å². The second kappa shape index (κ2) is 19.8. The van der Waals surface area contributed by atoms with Gasteiger partial charge in [-0.15, -0.1) is 0 Å². The van der Waals surface area contributed by atoms with Crippen LogP contribution in [0.3, 0.4) is 0 Å². The van der Waals surface area contributed by atoms with Crippen molar-refractivity contribution in [2.75, 3.05) is 20.7 Å². The Morgan fingerprint density at radius 1 is 1.10 bits per heavy atom. The molecular weight excluding hydrogens is 574 g/mol. The fourth-order valence-electron chi connectivity index (χ4n) is 2.56. The summed E-state index contributed by atoms with van der Waals surface area (Å²) in [5, 5.41) is 84.9. The fourth-order valence-corrected chi connectivity index (χ4v) is 2.56. The lowest BCUT2D eigenvalue weighted by Gasteiger charge is -2.33. The Balaban J connectivity index is 0. The molecule has 1 fully saturated rings. The number of ether oxygens (including phenoxy) is 1. The Kier molecular flexibility index (Phi) is 18.9. The quantitative estimate of drug-likeness (QED) is 0.0754. The molecule has 2 rings (SSSR count). The molecule has 4 atom stereocenters. The molecule has 0 bridgehead atoms. The third-order valence-corrected chi connectivity index (χ3v) is 4.63. The summed E-state index contributed by atoms with van der Waals surface area (Å²) in [7, 11) is 3.38. The molecule has 240 valence electrons. The molecule has 1 aliphatic rings. The zero-order valence-electron chi connectivity index (χ0n) is 22.6. The SMILES string of the molecule is CN(C)C(=N)N=C(N)N.O=C(O)CC(O)(CC(=O)O)C(=O)O.O=Cc1ccc(CO)o1.OC[C@H]1OC(O)C[C@@H](O)[C@@H]1O. The van der Waals surface area contributed by atoms with Crippen molar-refractivity contribution in [2.45, 2.75) is 56.1 Å². The van der Waals surface area contributed by atoms with Crippen LogP contribution in [0.2, 0.25) is 0 Å². The molecular formula is C22H37N5O15. The van der Waals surface area contributed by atoms with Crippen molar-refractivity contribution in [2.24, 2.45) is 16.5 Å². The lowest BCUT2D eigenvalue weighted by Crippen LogP contribution is -2.49. The second-order valence-electron chi connectivity index (χ2n) is 8.42. The number of nitrogens with two attached hydrogens (primary N) is 2. The van der Waals surface area contributed by atoms with Crippen LogP contribution in [-0.4, -0.2) is 138 Å². The Labute approximate surface area is 238 Å². The standard InChI is InChI=1S/C6H8O7.C6H12O5.C6H6O3.C4H11N5/c7-3(8)1-6(13,5(11)12)2-4(9)10;7-2-4-6(10)3(8)1-5(9)11-4;7-3-5-1-2-6(4-8)9-5;1-9(2)4(7)8-3(5)6/h13H,1-2H2,(H,7,8)(H,9,10)(H,11,12);3-10H,1-2H2;1-3,8H,4H2;1-2H3,(H5,5,6,7,8)/t;3-,4-,5?,6+;;/m.1../s1. The van der Waals surface area contributed by atoms with Crippen molar-refractivity contribution < 1.29 is 74.3 Å². The maximum Gasteiger partial charge on any atom is 0.336 e. The topological polar surface area (TPSA) is 364 Å². The number of nitrogens with one attached hydrogen (secondary N) is 1. The molecule has 1 aromatic rings. The minimum Gasteiger partial charge on any atom is -0.481 e. The summed E-state index contributed by atoms with van der Waals surface area (Å²) >= 11 is 0. The summed E-state index contributed by atoms with van der Waals surface area (Å²) in [6.45, 7) is -0.566. The van der Waals surface area contributed by atoms with E-state index < -0.39 is 67.6 Å². The van der Waals surface area contributed by atoms with Crippen molar-refractivity contribution in [3.8, 4) is 0 Å². The predicted octanol–water partition coefficient (Wildman–Crippen LogP) is -4.10. The number of carboxylic acid groups (broad SMARTS) is 3. The normalized spacial score (nSPS) is 19.1. The summed E-state index contributed by atoms with van der Waals surface area (Å²) < 4.78 is 9.48. The molecule has 1 aliphatic heterocycles. The van der Waals surface area contributed by atoms with E-state index in [1.807, 2.05) is 0 Å². The summed E-state index contributed by atoms with van der Waals surface area (Å²) in [6, 6.07) is 3.07. The molecule has 20 heteroatoms. The van der Waals surface area contributed by atoms with E-state index in [1.165, 1.54) is 11.0 Å². The third-order valence-electron chi connectivity index (χ3n) is 4.63. The van der Waals surface area contributed by atoms with Crippen LogP contribution in [0.4, 0.5) is 0 Å². The molecule has 0 amide bonds. The molecule has 0 spiro atoms. The first-order valence-electron chi connectivity index (χ1n) is 11.5. The Morgan fingerprint density at radius 3 is 1.90 bits per heavy atom. The number of aldehydes is 1. The van der Waals surface area contributed by atoms with Crippen LogP contribution in [-0.2, 0) is 25.7 Å². The van der Waals surface area contributed by atoms with E-state index in [9.17, 15) is 19.2 Å². The predicted molar refractivity (Wildman–Crippen MR) is 139 cm³/mol. The number of rotatable bonds is 8. The zero-order valence-corrected chi connectivity index (χ0v) is 22.6. The Hall–Kier alpha value is -4.18. The summed E-state index contributed by atoms with van der Waals surface area (Å²) in [4.78, 5) is 45.4. The van der Waals surface area contributed by atoms with Gasteiger partial charge in [0.25, 0.3) is 0 Å². The lowest BCUT2D eigenvalue weighted by atomic mass is 9.96. The number of guanidine groups is 2. The van der Waals surface area contributed by atoms with E-state index in [0.29, 0.717) is 12.0 Å². The molecule has 1 aromatic heterocycles. The Morgan fingerprint density at radius 2 is 1.62 bits per heavy atom. The first-order chi connectivity index (χ1) is 19.3. The van der Waals surface area contributed by atoms with E-state index in [-0.39, 0.29) is 30.7 Å². The largest absolute Gasteiger partial charge is 0.481 e. The van der Waals surface area contributed by atoms with Crippen molar-refractivity contribution in [1.82, 2.24) is 4.90 Å². The van der Waals surface area contributed by atoms with Crippen LogP contribution >= 0.6 is 0 Å². The first-order valence-corrected chi connectivity index (χ1v) is 11.5. The number of hydrogen-bond donors (Lipinski definition) is 12. The molecule has 1 unspecified atom stereocenters. The minimum atomic E-state index is -2.74. The van der Waals surface area contributed by atoms with Gasteiger partial charge in [0.2, 0.25) is 5.96 Å². The van der Waals surface area contributed by atoms with Crippen LogP contribution in [0, 0.1) is 5.41 Å². The average molecular weight is 612 g/mol. The molecule has 0 saturated carbocycles. The highest BCUT2D eigenvalue weighted by Crippen LogP contribution is 2.18. The van der Waals surface area contributed by atoms with Gasteiger partial charge in [-0.3, -0.25) is 19.8 Å². The number of aliphatic imine (C=N–C) groups is 1. The van der Waals surface area contributed by atoms with Crippen molar-refractivity contribution in [1.29, 1.82) is 5.41 Å². The van der Waals surface area contributed by atoms with E-state index in [4.69, 9.17) is 72.0 Å². The van der Waals surface area contributed by atoms with Crippen molar-refractivity contribution >= 4 is 36.1 Å². The highest BCUT2D eigenvalue weighted by Gasteiger charge is 2.40. The summed E-state index contributed by atoms with van der Waals surface area (Å²) in [5.74, 6) is -4.39. The van der Waals surface area contributed by atoms with Gasteiger partial charge < -0.3 is 71.5 Å². The number of aliphatic hydroxyl groups excluding tert-OH is 5. The van der Waals surface area contributed by atoms with Crippen LogP contribution in [0.5, 0.6) is 0 Å². The fraction of sp³-hybridized carbons (Fsp3) is 0.545. The Bertz CT molecular complexity index is 1030. The monoisotopic (exact) mass is 611 g/mol. The molecule has 0 aromatic carbocycles. The first kappa shape index (κ1) is 40.0. The van der Waals surface area contributed by atoms with Gasteiger partial charge in [0, 0.05) is 20.5 Å². The third kappa shape index (κ3) is 16.8. The maximum absolute atomic E-state index is 10.3. The molecule has 1 saturated heterocycles. The second-order valence-corrected chi connectivity index (χ2v) is 8.42. The van der Waals surface area contributed by atoms with E-state index in [2.05, 4.69) is 4.99 Å². The van der Waals surface area contributed by atoms with E-state index in [1.54, 1.807) is 20.2 Å². The number of furan rings is 1. The smallest absolute Gasteiger partial charge is 0.336 e. The number of aliphatic carboxylic acids is 3. The zero-order chi connectivity index (χ0) is 33.2. The van der Waals surface area contributed by atoms with Gasteiger partial charge in [0.1, 0.15) is 24.6 Å². The van der Waals surface area contributed by atoms with Gasteiger partial charge in [-0.25, -0.2) is 4.79 Å². The number of hydrogen-bond acceptors (Lipinski definition) is 13. The summed E-state index contributed by atoms with van der Waals surface area (Å²) in [5.41, 5.74) is 7.24. The maximum atomic E-state index is 10.3. The number of carbonyl (C=O) groups is 4. The number of carbonyl (C=O) groups excluding carboxylic acids is 1. The molecule has 14 N–H and O–H groups in total. The van der Waals surface area contributed by atoms with Gasteiger partial charge >= 0.3 is 17.9 Å². The van der Waals surface area contributed by atoms with Crippen LogP contribution in [0.25, 0.3) is 0 Å². The molecule has 0 aliphatic carbocycles.